The van der Waals surface area contributed by atoms with Crippen LogP contribution in [-0.2, 0) is 13.0 Å². The molecule has 0 aliphatic heterocycles. The largest absolute Gasteiger partial charge is 0.388 e. The zero-order valence-corrected chi connectivity index (χ0v) is 17.1. The van der Waals surface area contributed by atoms with E-state index in [1.54, 1.807) is 6.33 Å². The Labute approximate surface area is 161 Å². The van der Waals surface area contributed by atoms with Gasteiger partial charge in [0.15, 0.2) is 5.96 Å². The van der Waals surface area contributed by atoms with Crippen molar-refractivity contribution >= 4 is 29.9 Å². The van der Waals surface area contributed by atoms with Gasteiger partial charge in [-0.3, -0.25) is 4.99 Å². The van der Waals surface area contributed by atoms with Gasteiger partial charge in [-0.1, -0.05) is 26.2 Å². The zero-order valence-electron chi connectivity index (χ0n) is 14.8. The quantitative estimate of drug-likeness (QED) is 0.335. The van der Waals surface area contributed by atoms with Crippen LogP contribution in [0.3, 0.4) is 0 Å². The Kier molecular flexibility index (Phi) is 9.57. The predicted octanol–water partition coefficient (Wildman–Crippen LogP) is 1.71. The van der Waals surface area contributed by atoms with E-state index >= 15 is 0 Å². The first-order chi connectivity index (χ1) is 11.2. The number of guanidine groups is 1. The number of hydrogen-bond donors (Lipinski definition) is 3. The third-order valence-corrected chi connectivity index (χ3v) is 4.32. The van der Waals surface area contributed by atoms with Crippen molar-refractivity contribution in [2.24, 2.45) is 4.99 Å². The number of aliphatic hydroxyl groups is 1. The van der Waals surface area contributed by atoms with Crippen LogP contribution in [0.25, 0.3) is 0 Å². The molecular weight excluding hydrogens is 419 g/mol. The van der Waals surface area contributed by atoms with Crippen molar-refractivity contribution < 1.29 is 5.11 Å². The summed E-state index contributed by atoms with van der Waals surface area (Å²) in [7, 11) is 0. The van der Waals surface area contributed by atoms with Gasteiger partial charge in [0.05, 0.1) is 12.1 Å². The SMILES string of the molecule is CCNC(=NCC1(O)CCCCC1)NCCn1cnnc1CC.I. The fraction of sp³-hybridized carbons (Fsp3) is 0.812. The summed E-state index contributed by atoms with van der Waals surface area (Å²) in [5.41, 5.74) is -0.621. The predicted molar refractivity (Wildman–Crippen MR) is 107 cm³/mol. The van der Waals surface area contributed by atoms with Crippen LogP contribution in [0.4, 0.5) is 0 Å². The van der Waals surface area contributed by atoms with Gasteiger partial charge >= 0.3 is 0 Å². The van der Waals surface area contributed by atoms with Crippen molar-refractivity contribution in [2.45, 2.75) is 64.5 Å². The monoisotopic (exact) mass is 450 g/mol. The highest BCUT2D eigenvalue weighted by molar-refractivity contribution is 14.0. The molecule has 1 aromatic heterocycles. The summed E-state index contributed by atoms with van der Waals surface area (Å²) < 4.78 is 2.05. The molecule has 3 N–H and O–H groups in total. The Bertz CT molecular complexity index is 499. The van der Waals surface area contributed by atoms with Gasteiger partial charge in [-0.15, -0.1) is 34.2 Å². The molecular formula is C16H31IN6O. The second-order valence-corrected chi connectivity index (χ2v) is 6.20. The molecule has 1 aliphatic carbocycles. The highest BCUT2D eigenvalue weighted by Crippen LogP contribution is 2.28. The van der Waals surface area contributed by atoms with Crippen LogP contribution in [-0.4, -0.2) is 51.1 Å². The van der Waals surface area contributed by atoms with Crippen LogP contribution in [0, 0.1) is 0 Å². The fourth-order valence-corrected chi connectivity index (χ4v) is 2.97. The molecule has 8 heteroatoms. The summed E-state index contributed by atoms with van der Waals surface area (Å²) in [6.07, 6.45) is 7.78. The van der Waals surface area contributed by atoms with Crippen LogP contribution in [0.2, 0.25) is 0 Å². The van der Waals surface area contributed by atoms with Crippen molar-refractivity contribution in [3.8, 4) is 0 Å². The number of aryl methyl sites for hydroxylation is 1. The van der Waals surface area contributed by atoms with Crippen molar-refractivity contribution in [1.29, 1.82) is 0 Å². The molecule has 0 radical (unpaired) electrons. The van der Waals surface area contributed by atoms with Crippen LogP contribution in [0.1, 0.15) is 51.8 Å². The number of halogens is 1. The van der Waals surface area contributed by atoms with Gasteiger partial charge in [0, 0.05) is 26.1 Å². The average molecular weight is 450 g/mol. The van der Waals surface area contributed by atoms with Gasteiger partial charge in [-0.05, 0) is 19.8 Å². The van der Waals surface area contributed by atoms with Crippen LogP contribution in [0.15, 0.2) is 11.3 Å². The molecule has 1 fully saturated rings. The van der Waals surface area contributed by atoms with Gasteiger partial charge in [-0.2, -0.15) is 0 Å². The second-order valence-electron chi connectivity index (χ2n) is 6.20. The van der Waals surface area contributed by atoms with E-state index in [2.05, 4.69) is 32.7 Å². The molecule has 0 atom stereocenters. The van der Waals surface area contributed by atoms with E-state index in [1.807, 2.05) is 11.5 Å². The second kappa shape index (κ2) is 10.9. The number of aromatic nitrogens is 3. The van der Waals surface area contributed by atoms with E-state index in [-0.39, 0.29) is 24.0 Å². The van der Waals surface area contributed by atoms with E-state index in [0.717, 1.165) is 63.5 Å². The standard InChI is InChI=1S/C16H30N6O.HI/c1-3-14-21-20-13-22(14)11-10-18-15(17-4-2)19-12-16(23)8-6-5-7-9-16;/h13,23H,3-12H2,1-2H3,(H2,17,18,19);1H. The van der Waals surface area contributed by atoms with Gasteiger partial charge in [-0.25, -0.2) is 0 Å². The van der Waals surface area contributed by atoms with Gasteiger partial charge in [0.1, 0.15) is 12.2 Å². The van der Waals surface area contributed by atoms with E-state index in [9.17, 15) is 5.11 Å². The highest BCUT2D eigenvalue weighted by atomic mass is 127. The Morgan fingerprint density at radius 3 is 2.71 bits per heavy atom. The summed E-state index contributed by atoms with van der Waals surface area (Å²) >= 11 is 0. The van der Waals surface area contributed by atoms with Crippen LogP contribution < -0.4 is 10.6 Å². The molecule has 0 saturated heterocycles. The van der Waals surface area contributed by atoms with Gasteiger partial charge in [0.25, 0.3) is 0 Å². The first-order valence-electron chi connectivity index (χ1n) is 8.78. The van der Waals surface area contributed by atoms with Crippen molar-refractivity contribution in [2.75, 3.05) is 19.6 Å². The molecule has 0 spiro atoms. The van der Waals surface area contributed by atoms with Crippen LogP contribution >= 0.6 is 24.0 Å². The minimum Gasteiger partial charge on any atom is -0.388 e. The summed E-state index contributed by atoms with van der Waals surface area (Å²) in [5.74, 6) is 1.75. The Balaban J connectivity index is 0.00000288. The summed E-state index contributed by atoms with van der Waals surface area (Å²) in [4.78, 5) is 4.57. The topological polar surface area (TPSA) is 87.4 Å². The third kappa shape index (κ3) is 6.54. The maximum Gasteiger partial charge on any atom is 0.191 e. The molecule has 1 heterocycles. The summed E-state index contributed by atoms with van der Waals surface area (Å²) in [6, 6.07) is 0. The fourth-order valence-electron chi connectivity index (χ4n) is 2.97. The minimum atomic E-state index is -0.621. The van der Waals surface area contributed by atoms with E-state index in [1.165, 1.54) is 6.42 Å². The van der Waals surface area contributed by atoms with Gasteiger partial charge in [0.2, 0.25) is 0 Å². The molecule has 1 aromatic rings. The maximum absolute atomic E-state index is 10.5. The smallest absolute Gasteiger partial charge is 0.191 e. The molecule has 0 amide bonds. The molecule has 7 nitrogen and oxygen atoms in total. The first kappa shape index (κ1) is 21.1. The van der Waals surface area contributed by atoms with Gasteiger partial charge < -0.3 is 20.3 Å². The molecule has 0 bridgehead atoms. The zero-order chi connectivity index (χ0) is 16.5. The maximum atomic E-state index is 10.5. The van der Waals surface area contributed by atoms with Crippen LogP contribution in [0.5, 0.6) is 0 Å². The Morgan fingerprint density at radius 1 is 1.29 bits per heavy atom. The summed E-state index contributed by atoms with van der Waals surface area (Å²) in [6.45, 7) is 6.93. The normalized spacial score (nSPS) is 17.2. The molecule has 138 valence electrons. The Hall–Kier alpha value is -0.900. The molecule has 2 rings (SSSR count). The molecule has 0 aromatic carbocycles. The number of hydrogen-bond acceptors (Lipinski definition) is 4. The van der Waals surface area contributed by atoms with E-state index in [4.69, 9.17) is 0 Å². The number of nitrogens with one attached hydrogen (secondary N) is 2. The highest BCUT2D eigenvalue weighted by Gasteiger charge is 2.28. The summed E-state index contributed by atoms with van der Waals surface area (Å²) in [5, 5.41) is 25.1. The average Bonchev–Trinajstić information content (AvgIpc) is 3.01. The lowest BCUT2D eigenvalue weighted by Crippen LogP contribution is -2.41. The lowest BCUT2D eigenvalue weighted by Gasteiger charge is -2.30. The number of rotatable bonds is 7. The first-order valence-corrected chi connectivity index (χ1v) is 8.78. The minimum absolute atomic E-state index is 0. The van der Waals surface area contributed by atoms with Crippen molar-refractivity contribution in [1.82, 2.24) is 25.4 Å². The molecule has 24 heavy (non-hydrogen) atoms. The molecule has 1 saturated carbocycles. The number of aliphatic imine (C=N–C) groups is 1. The Morgan fingerprint density at radius 2 is 2.04 bits per heavy atom. The number of nitrogens with zero attached hydrogens (tertiary/aromatic N) is 4. The lowest BCUT2D eigenvalue weighted by atomic mass is 9.85. The van der Waals surface area contributed by atoms with Crippen molar-refractivity contribution in [3.63, 3.8) is 0 Å². The third-order valence-electron chi connectivity index (χ3n) is 4.32. The molecule has 0 unspecified atom stereocenters. The van der Waals surface area contributed by atoms with E-state index in [0.29, 0.717) is 6.54 Å². The van der Waals surface area contributed by atoms with Crippen molar-refractivity contribution in [3.05, 3.63) is 12.2 Å². The molecule has 1 aliphatic rings. The van der Waals surface area contributed by atoms with E-state index < -0.39 is 5.60 Å². The lowest BCUT2D eigenvalue weighted by molar-refractivity contribution is 0.0131.